The van der Waals surface area contributed by atoms with Crippen molar-refractivity contribution in [3.05, 3.63) is 51.9 Å². The van der Waals surface area contributed by atoms with Crippen molar-refractivity contribution in [1.29, 1.82) is 0 Å². The molecule has 24 heavy (non-hydrogen) atoms. The summed E-state index contributed by atoms with van der Waals surface area (Å²) in [6, 6.07) is 9.53. The van der Waals surface area contributed by atoms with Gasteiger partial charge in [0, 0.05) is 6.61 Å². The number of aliphatic hydroxyl groups is 1. The van der Waals surface area contributed by atoms with Crippen LogP contribution in [0.4, 0.5) is 5.00 Å². The van der Waals surface area contributed by atoms with E-state index in [-0.39, 0.29) is 23.0 Å². The average molecular weight is 345 g/mol. The van der Waals surface area contributed by atoms with Crippen molar-refractivity contribution in [3.8, 4) is 0 Å². The summed E-state index contributed by atoms with van der Waals surface area (Å²) in [5, 5.41) is 18.8. The van der Waals surface area contributed by atoms with Crippen molar-refractivity contribution < 1.29 is 19.8 Å². The number of carboxylic acids is 1. The first-order valence-corrected chi connectivity index (χ1v) is 8.68. The maximum Gasteiger partial charge on any atom is 0.338 e. The molecule has 1 aromatic carbocycles. The van der Waals surface area contributed by atoms with Gasteiger partial charge >= 0.3 is 5.97 Å². The average Bonchev–Trinajstić information content (AvgIpc) is 2.92. The Balaban J connectivity index is 2.12. The monoisotopic (exact) mass is 345 g/mol. The molecule has 2 aromatic rings. The molecule has 1 aromatic heterocycles. The summed E-state index contributed by atoms with van der Waals surface area (Å²) in [5.41, 5.74) is 6.69. The zero-order chi connectivity index (χ0) is 17.3. The van der Waals surface area contributed by atoms with Crippen LogP contribution in [0.3, 0.4) is 0 Å². The number of anilines is 1. The van der Waals surface area contributed by atoms with Crippen LogP contribution in [0.15, 0.2) is 30.3 Å². The molecule has 1 aliphatic rings. The van der Waals surface area contributed by atoms with E-state index in [1.165, 1.54) is 0 Å². The van der Waals surface area contributed by atoms with Gasteiger partial charge < -0.3 is 15.9 Å². The van der Waals surface area contributed by atoms with E-state index in [1.54, 1.807) is 0 Å². The lowest BCUT2D eigenvalue weighted by Gasteiger charge is -2.36. The summed E-state index contributed by atoms with van der Waals surface area (Å²) in [7, 11) is 0. The van der Waals surface area contributed by atoms with E-state index < -0.39 is 11.4 Å². The molecule has 0 aliphatic heterocycles. The second-order valence-corrected chi connectivity index (χ2v) is 7.11. The number of fused-ring (bicyclic) bond motifs is 1. The third-order valence-electron chi connectivity index (χ3n) is 4.78. The second kappa shape index (κ2) is 6.37. The van der Waals surface area contributed by atoms with Crippen LogP contribution in [0.1, 0.15) is 50.4 Å². The summed E-state index contributed by atoms with van der Waals surface area (Å²) < 4.78 is 0. The summed E-state index contributed by atoms with van der Waals surface area (Å²) in [4.78, 5) is 25.2. The zero-order valence-corrected chi connectivity index (χ0v) is 13.9. The number of aliphatic hydroxyl groups excluding tert-OH is 1. The molecule has 0 bridgehead atoms. The van der Waals surface area contributed by atoms with E-state index in [9.17, 15) is 19.8 Å². The molecular weight excluding hydrogens is 326 g/mol. The Bertz CT molecular complexity index is 784. The SMILES string of the molecule is Nc1sc2c(c1C(=O)O)CCC(CCCO)(c1ccccc1)C2=O. The van der Waals surface area contributed by atoms with Crippen molar-refractivity contribution >= 4 is 28.1 Å². The van der Waals surface area contributed by atoms with Crippen LogP contribution >= 0.6 is 11.3 Å². The minimum atomic E-state index is -1.08. The highest BCUT2D eigenvalue weighted by molar-refractivity contribution is 7.18. The zero-order valence-electron chi connectivity index (χ0n) is 13.1. The molecule has 1 heterocycles. The van der Waals surface area contributed by atoms with Crippen LogP contribution in [0.5, 0.6) is 0 Å². The topological polar surface area (TPSA) is 101 Å². The first-order chi connectivity index (χ1) is 11.5. The molecule has 1 unspecified atom stereocenters. The smallest absolute Gasteiger partial charge is 0.338 e. The number of hydrogen-bond donors (Lipinski definition) is 3. The second-order valence-electron chi connectivity index (χ2n) is 6.06. The first-order valence-electron chi connectivity index (χ1n) is 7.87. The summed E-state index contributed by atoms with van der Waals surface area (Å²) in [6.45, 7) is 0.0156. The molecule has 126 valence electrons. The predicted molar refractivity (Wildman–Crippen MR) is 92.8 cm³/mol. The maximum atomic E-state index is 13.3. The van der Waals surface area contributed by atoms with Gasteiger partial charge in [-0.2, -0.15) is 0 Å². The summed E-state index contributed by atoms with van der Waals surface area (Å²) in [5.74, 6) is -1.16. The number of nitrogens with two attached hydrogens (primary N) is 1. The van der Waals surface area contributed by atoms with Gasteiger partial charge in [0.15, 0.2) is 5.78 Å². The van der Waals surface area contributed by atoms with Gasteiger partial charge in [0.05, 0.1) is 15.9 Å². The van der Waals surface area contributed by atoms with Crippen LogP contribution < -0.4 is 5.73 Å². The molecule has 6 heteroatoms. The quantitative estimate of drug-likeness (QED) is 0.773. The fourth-order valence-corrected chi connectivity index (χ4v) is 4.75. The number of Topliss-reactive ketones (excluding diaryl/α,β-unsaturated/α-hetero) is 1. The number of carbonyl (C=O) groups excluding carboxylic acids is 1. The standard InChI is InChI=1S/C18H19NO4S/c19-16-13(17(22)23)12-7-9-18(8-4-10-20,15(21)14(12)24-16)11-5-2-1-3-6-11/h1-3,5-6,20H,4,7-10,19H2,(H,22,23). The number of rotatable bonds is 5. The van der Waals surface area contributed by atoms with Crippen LogP contribution in [-0.2, 0) is 11.8 Å². The Labute approximate surface area is 143 Å². The largest absolute Gasteiger partial charge is 0.478 e. The molecule has 3 rings (SSSR count). The Hall–Kier alpha value is -2.18. The van der Waals surface area contributed by atoms with E-state index in [2.05, 4.69) is 0 Å². The number of thiophene rings is 1. The third-order valence-corrected chi connectivity index (χ3v) is 5.84. The molecule has 0 fully saturated rings. The lowest BCUT2D eigenvalue weighted by atomic mass is 9.66. The number of benzene rings is 1. The predicted octanol–water partition coefficient (Wildman–Crippen LogP) is 2.87. The number of carbonyl (C=O) groups is 2. The van der Waals surface area contributed by atoms with Gasteiger partial charge in [-0.15, -0.1) is 11.3 Å². The molecule has 0 amide bonds. The molecule has 1 atom stereocenters. The van der Waals surface area contributed by atoms with E-state index in [4.69, 9.17) is 5.73 Å². The normalized spacial score (nSPS) is 20.0. The number of carboxylic acid groups (broad SMARTS) is 1. The summed E-state index contributed by atoms with van der Waals surface area (Å²) in [6.07, 6.45) is 2.07. The van der Waals surface area contributed by atoms with Crippen molar-refractivity contribution in [1.82, 2.24) is 0 Å². The lowest BCUT2D eigenvalue weighted by Crippen LogP contribution is -2.40. The number of nitrogen functional groups attached to an aromatic ring is 1. The van der Waals surface area contributed by atoms with Crippen molar-refractivity contribution in [2.24, 2.45) is 0 Å². The van der Waals surface area contributed by atoms with E-state index in [0.29, 0.717) is 36.1 Å². The Kier molecular flexibility index (Phi) is 4.43. The van der Waals surface area contributed by atoms with Gasteiger partial charge in [-0.3, -0.25) is 4.79 Å². The fourth-order valence-electron chi connectivity index (χ4n) is 3.61. The van der Waals surface area contributed by atoms with Crippen LogP contribution in [0, 0.1) is 0 Å². The van der Waals surface area contributed by atoms with Crippen LogP contribution in [-0.4, -0.2) is 28.6 Å². The highest BCUT2D eigenvalue weighted by Gasteiger charge is 2.46. The van der Waals surface area contributed by atoms with Crippen LogP contribution in [0.2, 0.25) is 0 Å². The van der Waals surface area contributed by atoms with E-state index in [1.807, 2.05) is 30.3 Å². The third kappa shape index (κ3) is 2.52. The molecule has 0 saturated heterocycles. The van der Waals surface area contributed by atoms with Crippen molar-refractivity contribution in [2.75, 3.05) is 12.3 Å². The minimum absolute atomic E-state index is 0.0156. The van der Waals surface area contributed by atoms with Gasteiger partial charge in [-0.05, 0) is 36.8 Å². The van der Waals surface area contributed by atoms with E-state index >= 15 is 0 Å². The van der Waals surface area contributed by atoms with Crippen LogP contribution in [0.25, 0.3) is 0 Å². The highest BCUT2D eigenvalue weighted by Crippen LogP contribution is 2.46. The van der Waals surface area contributed by atoms with Gasteiger partial charge in [0.25, 0.3) is 0 Å². The summed E-state index contributed by atoms with van der Waals surface area (Å²) >= 11 is 1.07. The van der Waals surface area contributed by atoms with E-state index in [0.717, 1.165) is 16.9 Å². The van der Waals surface area contributed by atoms with Gasteiger partial charge in [-0.1, -0.05) is 30.3 Å². The molecule has 0 radical (unpaired) electrons. The minimum Gasteiger partial charge on any atom is -0.478 e. The van der Waals surface area contributed by atoms with Gasteiger partial charge in [-0.25, -0.2) is 4.79 Å². The first kappa shape index (κ1) is 16.7. The molecule has 0 spiro atoms. The lowest BCUT2D eigenvalue weighted by molar-refractivity contribution is 0.0697. The van der Waals surface area contributed by atoms with Crippen molar-refractivity contribution in [2.45, 2.75) is 31.1 Å². The molecular formula is C18H19NO4S. The Morgan fingerprint density at radius 3 is 2.62 bits per heavy atom. The fraction of sp³-hybridized carbons (Fsp3) is 0.333. The number of ketones is 1. The molecule has 4 N–H and O–H groups in total. The van der Waals surface area contributed by atoms with Crippen molar-refractivity contribution in [3.63, 3.8) is 0 Å². The maximum absolute atomic E-state index is 13.3. The number of aromatic carboxylic acids is 1. The Morgan fingerprint density at radius 2 is 2.00 bits per heavy atom. The van der Waals surface area contributed by atoms with Gasteiger partial charge in [0.2, 0.25) is 0 Å². The Morgan fingerprint density at radius 1 is 1.29 bits per heavy atom. The van der Waals surface area contributed by atoms with Gasteiger partial charge in [0.1, 0.15) is 5.00 Å². The molecule has 5 nitrogen and oxygen atoms in total. The highest BCUT2D eigenvalue weighted by atomic mass is 32.1. The molecule has 1 aliphatic carbocycles. The molecule has 0 saturated carbocycles. The number of hydrogen-bond acceptors (Lipinski definition) is 5.